The van der Waals surface area contributed by atoms with Crippen LogP contribution in [0.15, 0.2) is 42.5 Å². The first-order chi connectivity index (χ1) is 10.2. The van der Waals surface area contributed by atoms with Crippen LogP contribution in [0.3, 0.4) is 0 Å². The van der Waals surface area contributed by atoms with Crippen molar-refractivity contribution in [2.75, 3.05) is 14.2 Å². The molecule has 2 rings (SSSR count). The fourth-order valence-corrected chi connectivity index (χ4v) is 2.45. The SMILES string of the molecule is COc1cccc(CC(NN)c2cc(Cl)ccc2OC)c1. The molecule has 0 aliphatic heterocycles. The van der Waals surface area contributed by atoms with Gasteiger partial charge in [0.05, 0.1) is 20.3 Å². The largest absolute Gasteiger partial charge is 0.497 e. The number of nitrogens with one attached hydrogen (secondary N) is 1. The Morgan fingerprint density at radius 2 is 1.95 bits per heavy atom. The number of benzene rings is 2. The van der Waals surface area contributed by atoms with E-state index in [-0.39, 0.29) is 6.04 Å². The Morgan fingerprint density at radius 1 is 1.14 bits per heavy atom. The summed E-state index contributed by atoms with van der Waals surface area (Å²) in [5, 5.41) is 0.650. The van der Waals surface area contributed by atoms with Gasteiger partial charge < -0.3 is 9.47 Å². The van der Waals surface area contributed by atoms with Gasteiger partial charge in [-0.25, -0.2) is 0 Å². The number of rotatable bonds is 6. The van der Waals surface area contributed by atoms with E-state index in [4.69, 9.17) is 26.9 Å². The molecule has 1 unspecified atom stereocenters. The highest BCUT2D eigenvalue weighted by Crippen LogP contribution is 2.30. The third-order valence-electron chi connectivity index (χ3n) is 3.34. The highest BCUT2D eigenvalue weighted by Gasteiger charge is 2.16. The van der Waals surface area contributed by atoms with Crippen LogP contribution >= 0.6 is 11.6 Å². The van der Waals surface area contributed by atoms with Crippen LogP contribution in [-0.4, -0.2) is 14.2 Å². The summed E-state index contributed by atoms with van der Waals surface area (Å²) in [6, 6.07) is 13.3. The van der Waals surface area contributed by atoms with E-state index >= 15 is 0 Å². The second-order valence-electron chi connectivity index (χ2n) is 4.66. The van der Waals surface area contributed by atoms with Gasteiger partial charge >= 0.3 is 0 Å². The Labute approximate surface area is 129 Å². The van der Waals surface area contributed by atoms with Crippen molar-refractivity contribution in [3.05, 3.63) is 58.6 Å². The lowest BCUT2D eigenvalue weighted by Gasteiger charge is -2.19. The van der Waals surface area contributed by atoms with Gasteiger partial charge in [-0.15, -0.1) is 0 Å². The minimum absolute atomic E-state index is 0.106. The Morgan fingerprint density at radius 3 is 2.62 bits per heavy atom. The van der Waals surface area contributed by atoms with Crippen LogP contribution in [0.1, 0.15) is 17.2 Å². The lowest BCUT2D eigenvalue weighted by molar-refractivity contribution is 0.398. The molecule has 0 radical (unpaired) electrons. The molecule has 0 heterocycles. The molecule has 0 fully saturated rings. The van der Waals surface area contributed by atoms with Crippen LogP contribution in [0.4, 0.5) is 0 Å². The van der Waals surface area contributed by atoms with Gasteiger partial charge in [0.1, 0.15) is 11.5 Å². The van der Waals surface area contributed by atoms with Crippen molar-refractivity contribution in [2.24, 2.45) is 5.84 Å². The Balaban J connectivity index is 2.29. The summed E-state index contributed by atoms with van der Waals surface area (Å²) in [5.74, 6) is 7.29. The maximum Gasteiger partial charge on any atom is 0.123 e. The number of hydrogen-bond acceptors (Lipinski definition) is 4. The topological polar surface area (TPSA) is 56.5 Å². The van der Waals surface area contributed by atoms with Crippen LogP contribution in [0, 0.1) is 0 Å². The molecule has 2 aromatic carbocycles. The standard InChI is InChI=1S/C16H19ClN2O2/c1-20-13-5-3-4-11(8-13)9-15(19-18)14-10-12(17)6-7-16(14)21-2/h3-8,10,15,19H,9,18H2,1-2H3. The van der Waals surface area contributed by atoms with Gasteiger partial charge in [-0.3, -0.25) is 11.3 Å². The summed E-state index contributed by atoms with van der Waals surface area (Å²) < 4.78 is 10.6. The van der Waals surface area contributed by atoms with E-state index in [1.165, 1.54) is 0 Å². The van der Waals surface area contributed by atoms with E-state index in [1.54, 1.807) is 20.3 Å². The molecule has 2 aromatic rings. The summed E-state index contributed by atoms with van der Waals surface area (Å²) in [5.41, 5.74) is 4.86. The monoisotopic (exact) mass is 306 g/mol. The zero-order chi connectivity index (χ0) is 15.2. The van der Waals surface area contributed by atoms with Gasteiger partial charge in [0.15, 0.2) is 0 Å². The van der Waals surface area contributed by atoms with E-state index in [9.17, 15) is 0 Å². The van der Waals surface area contributed by atoms with E-state index in [0.717, 1.165) is 22.6 Å². The summed E-state index contributed by atoms with van der Waals surface area (Å²) in [6.45, 7) is 0. The molecule has 4 nitrogen and oxygen atoms in total. The Kier molecular flexibility index (Phi) is 5.44. The molecular weight excluding hydrogens is 288 g/mol. The Hall–Kier alpha value is -1.75. The van der Waals surface area contributed by atoms with E-state index < -0.39 is 0 Å². The maximum absolute atomic E-state index is 6.08. The Bertz CT molecular complexity index is 605. The highest BCUT2D eigenvalue weighted by molar-refractivity contribution is 6.30. The quantitative estimate of drug-likeness (QED) is 0.636. The number of hydrogen-bond donors (Lipinski definition) is 2. The average molecular weight is 307 g/mol. The van der Waals surface area contributed by atoms with Crippen LogP contribution in [-0.2, 0) is 6.42 Å². The highest BCUT2D eigenvalue weighted by atomic mass is 35.5. The first kappa shape index (κ1) is 15.6. The van der Waals surface area contributed by atoms with Crippen molar-refractivity contribution in [2.45, 2.75) is 12.5 Å². The van der Waals surface area contributed by atoms with Crippen molar-refractivity contribution in [1.82, 2.24) is 5.43 Å². The summed E-state index contributed by atoms with van der Waals surface area (Å²) in [4.78, 5) is 0. The molecule has 0 spiro atoms. The second-order valence-corrected chi connectivity index (χ2v) is 5.10. The van der Waals surface area contributed by atoms with Crippen LogP contribution < -0.4 is 20.7 Å². The lowest BCUT2D eigenvalue weighted by atomic mass is 9.98. The number of nitrogens with two attached hydrogens (primary N) is 1. The molecule has 5 heteroatoms. The average Bonchev–Trinajstić information content (AvgIpc) is 2.52. The molecule has 0 amide bonds. The van der Waals surface area contributed by atoms with Gasteiger partial charge in [0, 0.05) is 10.6 Å². The summed E-state index contributed by atoms with van der Waals surface area (Å²) in [7, 11) is 3.28. The van der Waals surface area contributed by atoms with Crippen LogP contribution in [0.2, 0.25) is 5.02 Å². The van der Waals surface area contributed by atoms with E-state index in [0.29, 0.717) is 11.4 Å². The molecular formula is C16H19ClN2O2. The fraction of sp³-hybridized carbons (Fsp3) is 0.250. The van der Waals surface area contributed by atoms with Gasteiger partial charge in [-0.2, -0.15) is 0 Å². The van der Waals surface area contributed by atoms with E-state index in [1.807, 2.05) is 36.4 Å². The first-order valence-corrected chi connectivity index (χ1v) is 6.98. The molecule has 0 saturated heterocycles. The number of halogens is 1. The summed E-state index contributed by atoms with van der Waals surface area (Å²) >= 11 is 6.08. The minimum Gasteiger partial charge on any atom is -0.497 e. The van der Waals surface area contributed by atoms with Gasteiger partial charge in [-0.05, 0) is 42.3 Å². The molecule has 0 aliphatic rings. The predicted octanol–water partition coefficient (Wildman–Crippen LogP) is 3.10. The predicted molar refractivity (Wildman–Crippen MR) is 84.8 cm³/mol. The third kappa shape index (κ3) is 3.88. The van der Waals surface area contributed by atoms with Crippen molar-refractivity contribution in [3.8, 4) is 11.5 Å². The third-order valence-corrected chi connectivity index (χ3v) is 3.58. The van der Waals surface area contributed by atoms with Crippen molar-refractivity contribution < 1.29 is 9.47 Å². The lowest BCUT2D eigenvalue weighted by Crippen LogP contribution is -2.30. The number of methoxy groups -OCH3 is 2. The fourth-order valence-electron chi connectivity index (χ4n) is 2.27. The minimum atomic E-state index is -0.106. The number of hydrazine groups is 1. The van der Waals surface area contributed by atoms with Gasteiger partial charge in [0.25, 0.3) is 0 Å². The number of ether oxygens (including phenoxy) is 2. The van der Waals surface area contributed by atoms with Gasteiger partial charge in [-0.1, -0.05) is 23.7 Å². The van der Waals surface area contributed by atoms with Crippen molar-refractivity contribution >= 4 is 11.6 Å². The summed E-state index contributed by atoms with van der Waals surface area (Å²) in [6.07, 6.45) is 0.699. The maximum atomic E-state index is 6.08. The molecule has 1 atom stereocenters. The first-order valence-electron chi connectivity index (χ1n) is 6.60. The van der Waals surface area contributed by atoms with Crippen LogP contribution in [0.25, 0.3) is 0 Å². The molecule has 0 aromatic heterocycles. The van der Waals surface area contributed by atoms with Crippen LogP contribution in [0.5, 0.6) is 11.5 Å². The molecule has 0 aliphatic carbocycles. The van der Waals surface area contributed by atoms with Crippen molar-refractivity contribution in [1.29, 1.82) is 0 Å². The molecule has 21 heavy (non-hydrogen) atoms. The van der Waals surface area contributed by atoms with Crippen molar-refractivity contribution in [3.63, 3.8) is 0 Å². The molecule has 3 N–H and O–H groups in total. The van der Waals surface area contributed by atoms with Gasteiger partial charge in [0.2, 0.25) is 0 Å². The zero-order valence-corrected chi connectivity index (χ0v) is 12.9. The molecule has 0 saturated carbocycles. The second kappa shape index (κ2) is 7.31. The van der Waals surface area contributed by atoms with E-state index in [2.05, 4.69) is 5.43 Å². The zero-order valence-electron chi connectivity index (χ0n) is 12.1. The smallest absolute Gasteiger partial charge is 0.123 e. The molecule has 112 valence electrons. The normalized spacial score (nSPS) is 12.0. The molecule has 0 bridgehead atoms.